The third kappa shape index (κ3) is 7.22. The zero-order valence-electron chi connectivity index (χ0n) is 6.01. The molecule has 0 radical (unpaired) electrons. The number of allylic oxidation sites excluding steroid dienone is 5. The van der Waals surface area contributed by atoms with Gasteiger partial charge in [0.25, 0.3) is 0 Å². The molecule has 0 heteroatoms. The van der Waals surface area contributed by atoms with Crippen LogP contribution < -0.4 is 0 Å². The average Bonchev–Trinajstić information content (AvgIpc) is 1.89. The van der Waals surface area contributed by atoms with Crippen molar-refractivity contribution in [2.24, 2.45) is 0 Å². The zero-order chi connectivity index (χ0) is 6.95. The Morgan fingerprint density at radius 3 is 2.56 bits per heavy atom. The van der Waals surface area contributed by atoms with E-state index in [0.29, 0.717) is 0 Å². The van der Waals surface area contributed by atoms with Crippen LogP contribution in [0.5, 0.6) is 0 Å². The van der Waals surface area contributed by atoms with Crippen LogP contribution in [0.4, 0.5) is 0 Å². The number of unbranched alkanes of at least 4 members (excludes halogenated alkanes) is 1. The first kappa shape index (κ1) is 8.22. The highest BCUT2D eigenvalue weighted by molar-refractivity contribution is 5.08. The smallest absolute Gasteiger partial charge is 0.0350 e. The van der Waals surface area contributed by atoms with Crippen LogP contribution in [-0.2, 0) is 0 Å². The predicted octanol–water partition coefficient (Wildman–Crippen LogP) is 3.08. The van der Waals surface area contributed by atoms with Crippen LogP contribution >= 0.6 is 0 Å². The van der Waals surface area contributed by atoms with Crippen molar-refractivity contribution in [3.8, 4) is 0 Å². The van der Waals surface area contributed by atoms with Crippen LogP contribution in [0.15, 0.2) is 37.0 Å². The van der Waals surface area contributed by atoms with Crippen LogP contribution in [0.25, 0.3) is 0 Å². The summed E-state index contributed by atoms with van der Waals surface area (Å²) in [4.78, 5) is 0. The summed E-state index contributed by atoms with van der Waals surface area (Å²) in [6, 6.07) is 0. The summed E-state index contributed by atoms with van der Waals surface area (Å²) in [5, 5.41) is 0. The van der Waals surface area contributed by atoms with Crippen molar-refractivity contribution in [3.05, 3.63) is 37.0 Å². The first-order valence-corrected chi connectivity index (χ1v) is 3.36. The molecule has 50 valence electrons. The molecule has 0 heterocycles. The molecule has 0 nitrogen and oxygen atoms in total. The maximum atomic E-state index is 3.56. The molecule has 0 saturated heterocycles. The van der Waals surface area contributed by atoms with Crippen LogP contribution in [0.1, 0.15) is 19.8 Å². The van der Waals surface area contributed by atoms with E-state index in [1.807, 2.05) is 18.2 Å². The molecule has 0 fully saturated rings. The van der Waals surface area contributed by atoms with Gasteiger partial charge in [-0.15, -0.1) is 0 Å². The number of hydrogen-bond acceptors (Lipinski definition) is 0. The van der Waals surface area contributed by atoms with Crippen LogP contribution in [0.2, 0.25) is 0 Å². The second kappa shape index (κ2) is 7.22. The minimum Gasteiger partial charge on any atom is -0.0991 e. The lowest BCUT2D eigenvalue weighted by Crippen LogP contribution is -1.57. The third-order valence-electron chi connectivity index (χ3n) is 0.950. The van der Waals surface area contributed by atoms with E-state index in [1.165, 1.54) is 12.8 Å². The van der Waals surface area contributed by atoms with Gasteiger partial charge in [-0.25, -0.2) is 0 Å². The molecule has 0 bridgehead atoms. The largest absolute Gasteiger partial charge is 0.0991 e. The fraction of sp³-hybridized carbons (Fsp3) is 0.333. The third-order valence-corrected chi connectivity index (χ3v) is 0.950. The van der Waals surface area contributed by atoms with E-state index in [2.05, 4.69) is 19.6 Å². The van der Waals surface area contributed by atoms with E-state index < -0.39 is 0 Å². The Morgan fingerprint density at radius 1 is 1.22 bits per heavy atom. The molecule has 0 N–H and O–H groups in total. The van der Waals surface area contributed by atoms with E-state index >= 15 is 0 Å². The average molecular weight is 122 g/mol. The molecule has 0 saturated carbocycles. The summed E-state index contributed by atoms with van der Waals surface area (Å²) < 4.78 is 0. The molecule has 0 aliphatic heterocycles. The summed E-state index contributed by atoms with van der Waals surface area (Å²) >= 11 is 0. The lowest BCUT2D eigenvalue weighted by molar-refractivity contribution is 0.959. The highest BCUT2D eigenvalue weighted by atomic mass is 13.7. The van der Waals surface area contributed by atoms with Gasteiger partial charge in [-0.05, 0) is 6.42 Å². The van der Waals surface area contributed by atoms with Crippen LogP contribution in [0.3, 0.4) is 0 Å². The molecule has 0 aromatic rings. The number of hydrogen-bond donors (Lipinski definition) is 0. The molecular formula is C9H14. The molecule has 9 heavy (non-hydrogen) atoms. The van der Waals surface area contributed by atoms with Crippen molar-refractivity contribution < 1.29 is 0 Å². The topological polar surface area (TPSA) is 0 Å². The van der Waals surface area contributed by atoms with Crippen molar-refractivity contribution in [3.63, 3.8) is 0 Å². The van der Waals surface area contributed by atoms with Gasteiger partial charge in [0.1, 0.15) is 0 Å². The molecule has 0 unspecified atom stereocenters. The van der Waals surface area contributed by atoms with Gasteiger partial charge < -0.3 is 0 Å². The highest BCUT2D eigenvalue weighted by Crippen LogP contribution is 1.88. The van der Waals surface area contributed by atoms with Crippen molar-refractivity contribution in [2.75, 3.05) is 0 Å². The molecule has 0 spiro atoms. The fourth-order valence-electron chi connectivity index (χ4n) is 0.484. The second-order valence-electron chi connectivity index (χ2n) is 1.84. The summed E-state index contributed by atoms with van der Waals surface area (Å²) in [5.41, 5.74) is 0. The lowest BCUT2D eigenvalue weighted by Gasteiger charge is -1.78. The minimum atomic E-state index is 1.17. The summed E-state index contributed by atoms with van der Waals surface area (Å²) in [6.45, 7) is 5.73. The molecule has 0 aliphatic carbocycles. The first-order chi connectivity index (χ1) is 4.41. The Hall–Kier alpha value is -0.780. The van der Waals surface area contributed by atoms with E-state index in [1.54, 1.807) is 6.08 Å². The van der Waals surface area contributed by atoms with Gasteiger partial charge in [-0.2, -0.15) is 0 Å². The second-order valence-corrected chi connectivity index (χ2v) is 1.84. The van der Waals surface area contributed by atoms with Gasteiger partial charge in [0.15, 0.2) is 0 Å². The normalized spacial score (nSPS) is 11.2. The Morgan fingerprint density at radius 2 is 2.00 bits per heavy atom. The van der Waals surface area contributed by atoms with E-state index in [-0.39, 0.29) is 0 Å². The van der Waals surface area contributed by atoms with Crippen molar-refractivity contribution >= 4 is 0 Å². The molecule has 0 rings (SSSR count). The van der Waals surface area contributed by atoms with Gasteiger partial charge in [-0.3, -0.25) is 0 Å². The summed E-state index contributed by atoms with van der Waals surface area (Å²) in [6.07, 6.45) is 12.3. The van der Waals surface area contributed by atoms with Gasteiger partial charge in [0.2, 0.25) is 0 Å². The molecule has 0 aromatic heterocycles. The molecule has 0 amide bonds. The predicted molar refractivity (Wildman–Crippen MR) is 43.4 cm³/mol. The van der Waals surface area contributed by atoms with Gasteiger partial charge in [0, 0.05) is 0 Å². The van der Waals surface area contributed by atoms with Crippen LogP contribution in [0, 0.1) is 0 Å². The van der Waals surface area contributed by atoms with E-state index in [9.17, 15) is 0 Å². The van der Waals surface area contributed by atoms with E-state index in [4.69, 9.17) is 0 Å². The summed E-state index contributed by atoms with van der Waals surface area (Å²) in [7, 11) is 0. The Bertz CT molecular complexity index is 107. The minimum absolute atomic E-state index is 1.17. The van der Waals surface area contributed by atoms with Crippen molar-refractivity contribution in [1.29, 1.82) is 0 Å². The summed E-state index contributed by atoms with van der Waals surface area (Å²) in [5.74, 6) is 0. The molecule has 0 aliphatic rings. The van der Waals surface area contributed by atoms with E-state index in [0.717, 1.165) is 0 Å². The Kier molecular flexibility index (Phi) is 6.59. The monoisotopic (exact) mass is 122 g/mol. The standard InChI is InChI=1S/C9H14/c1-3-5-7-9-8-6-4-2/h3,5,7-9H,1,4,6H2,2H3/b7-5-,9-8+. The fourth-order valence-corrected chi connectivity index (χ4v) is 0.484. The number of rotatable bonds is 4. The Balaban J connectivity index is 3.23. The quantitative estimate of drug-likeness (QED) is 0.503. The van der Waals surface area contributed by atoms with Gasteiger partial charge >= 0.3 is 0 Å². The van der Waals surface area contributed by atoms with Gasteiger partial charge in [0.05, 0.1) is 0 Å². The van der Waals surface area contributed by atoms with Gasteiger partial charge in [-0.1, -0.05) is 50.3 Å². The highest BCUT2D eigenvalue weighted by Gasteiger charge is 1.67. The molecular weight excluding hydrogens is 108 g/mol. The van der Waals surface area contributed by atoms with Crippen molar-refractivity contribution in [1.82, 2.24) is 0 Å². The van der Waals surface area contributed by atoms with Crippen LogP contribution in [-0.4, -0.2) is 0 Å². The maximum Gasteiger partial charge on any atom is -0.0350 e. The zero-order valence-corrected chi connectivity index (χ0v) is 6.01. The maximum absolute atomic E-state index is 3.56. The SMILES string of the molecule is C=C/C=C\C=C\CCC. The first-order valence-electron chi connectivity index (χ1n) is 3.36. The molecule has 0 atom stereocenters. The van der Waals surface area contributed by atoms with Crippen molar-refractivity contribution in [2.45, 2.75) is 19.8 Å². The molecule has 0 aromatic carbocycles. The Labute approximate surface area is 57.6 Å². The lowest BCUT2D eigenvalue weighted by atomic mass is 10.3.